The van der Waals surface area contributed by atoms with Crippen LogP contribution in [0.25, 0.3) is 17.0 Å². The fourth-order valence-electron chi connectivity index (χ4n) is 1.83. The van der Waals surface area contributed by atoms with Crippen LogP contribution < -0.4 is 0 Å². The number of furan rings is 1. The summed E-state index contributed by atoms with van der Waals surface area (Å²) >= 11 is 0. The highest BCUT2D eigenvalue weighted by Crippen LogP contribution is 2.24. The van der Waals surface area contributed by atoms with Gasteiger partial charge in [0.05, 0.1) is 0 Å². The Labute approximate surface area is 108 Å². The van der Waals surface area contributed by atoms with Crippen molar-refractivity contribution in [2.24, 2.45) is 0 Å². The summed E-state index contributed by atoms with van der Waals surface area (Å²) in [6.45, 7) is 0. The van der Waals surface area contributed by atoms with Gasteiger partial charge in [-0.05, 0) is 36.4 Å². The molecule has 0 atom stereocenters. The van der Waals surface area contributed by atoms with E-state index in [1.54, 1.807) is 42.7 Å². The van der Waals surface area contributed by atoms with Gasteiger partial charge in [-0.1, -0.05) is 0 Å². The zero-order valence-corrected chi connectivity index (χ0v) is 9.79. The van der Waals surface area contributed by atoms with Crippen molar-refractivity contribution in [1.82, 2.24) is 9.78 Å². The van der Waals surface area contributed by atoms with Crippen LogP contribution in [0.2, 0.25) is 0 Å². The molecule has 2 aromatic heterocycles. The fourth-order valence-corrected chi connectivity index (χ4v) is 1.83. The molecule has 0 aliphatic heterocycles. The molecule has 19 heavy (non-hydrogen) atoms. The molecule has 3 rings (SSSR count). The van der Waals surface area contributed by atoms with Gasteiger partial charge in [0.15, 0.2) is 12.0 Å². The lowest BCUT2D eigenvalue weighted by Crippen LogP contribution is -1.97. The second kappa shape index (κ2) is 4.53. The molecule has 94 valence electrons. The summed E-state index contributed by atoms with van der Waals surface area (Å²) in [5.41, 5.74) is 0.928. The second-order valence-corrected chi connectivity index (χ2v) is 3.94. The normalized spacial score (nSPS) is 10.6. The third-order valence-corrected chi connectivity index (χ3v) is 2.73. The van der Waals surface area contributed by atoms with Crippen LogP contribution in [0.1, 0.15) is 10.6 Å². The molecule has 0 N–H and O–H groups in total. The van der Waals surface area contributed by atoms with Gasteiger partial charge in [0.25, 0.3) is 0 Å². The van der Waals surface area contributed by atoms with E-state index in [4.69, 9.17) is 4.42 Å². The molecule has 0 aliphatic rings. The summed E-state index contributed by atoms with van der Waals surface area (Å²) < 4.78 is 20.7. The lowest BCUT2D eigenvalue weighted by atomic mass is 10.1. The summed E-state index contributed by atoms with van der Waals surface area (Å²) in [5, 5.41) is 3.97. The largest absolute Gasteiger partial charge is 0.453 e. The molecule has 0 spiro atoms. The van der Waals surface area contributed by atoms with Crippen LogP contribution in [0.3, 0.4) is 0 Å². The number of rotatable bonds is 3. The summed E-state index contributed by atoms with van der Waals surface area (Å²) in [6.07, 6.45) is 3.85. The van der Waals surface area contributed by atoms with Gasteiger partial charge < -0.3 is 4.42 Å². The molecule has 0 amide bonds. The van der Waals surface area contributed by atoms with E-state index in [2.05, 4.69) is 5.10 Å². The maximum absolute atomic E-state index is 14.0. The quantitative estimate of drug-likeness (QED) is 0.676. The van der Waals surface area contributed by atoms with E-state index in [1.165, 1.54) is 10.7 Å². The van der Waals surface area contributed by atoms with Gasteiger partial charge in [-0.3, -0.25) is 4.79 Å². The topological polar surface area (TPSA) is 48.0 Å². The third kappa shape index (κ3) is 2.06. The molecular formula is C14H9FN2O2. The Kier molecular flexibility index (Phi) is 2.72. The van der Waals surface area contributed by atoms with E-state index >= 15 is 0 Å². The highest BCUT2D eigenvalue weighted by molar-refractivity contribution is 5.73. The number of halogens is 1. The van der Waals surface area contributed by atoms with Gasteiger partial charge in [0.2, 0.25) is 0 Å². The fraction of sp³-hybridized carbons (Fsp3) is 0. The SMILES string of the molecule is O=Cc1ccc(-c2ccc(-n3cccn3)c(F)c2)o1. The number of aromatic nitrogens is 2. The minimum atomic E-state index is -0.412. The van der Waals surface area contributed by atoms with Crippen molar-refractivity contribution in [3.05, 3.63) is 60.4 Å². The van der Waals surface area contributed by atoms with E-state index < -0.39 is 5.82 Å². The molecule has 5 heteroatoms. The van der Waals surface area contributed by atoms with E-state index in [0.29, 0.717) is 23.3 Å². The lowest BCUT2D eigenvalue weighted by Gasteiger charge is -2.04. The van der Waals surface area contributed by atoms with Crippen LogP contribution in [0.15, 0.2) is 53.2 Å². The molecule has 0 unspecified atom stereocenters. The van der Waals surface area contributed by atoms with Gasteiger partial charge in [-0.25, -0.2) is 9.07 Å². The lowest BCUT2D eigenvalue weighted by molar-refractivity contribution is 0.110. The smallest absolute Gasteiger partial charge is 0.185 e. The van der Waals surface area contributed by atoms with Crippen molar-refractivity contribution in [2.75, 3.05) is 0 Å². The Balaban J connectivity index is 2.01. The monoisotopic (exact) mass is 256 g/mol. The molecule has 0 saturated carbocycles. The number of carbonyl (C=O) groups is 1. The molecule has 1 aromatic carbocycles. The highest BCUT2D eigenvalue weighted by atomic mass is 19.1. The first-order valence-electron chi connectivity index (χ1n) is 5.63. The summed E-state index contributed by atoms with van der Waals surface area (Å²) in [4.78, 5) is 10.5. The Hall–Kier alpha value is -2.69. The number of carbonyl (C=O) groups excluding carboxylic acids is 1. The van der Waals surface area contributed by atoms with Gasteiger partial charge in [-0.15, -0.1) is 0 Å². The highest BCUT2D eigenvalue weighted by Gasteiger charge is 2.09. The van der Waals surface area contributed by atoms with Crippen molar-refractivity contribution in [1.29, 1.82) is 0 Å². The molecule has 0 fully saturated rings. The van der Waals surface area contributed by atoms with E-state index in [1.807, 2.05) is 0 Å². The number of nitrogens with zero attached hydrogens (tertiary/aromatic N) is 2. The average Bonchev–Trinajstić information content (AvgIpc) is 3.10. The van der Waals surface area contributed by atoms with E-state index in [0.717, 1.165) is 0 Å². The number of benzene rings is 1. The van der Waals surface area contributed by atoms with Crippen LogP contribution >= 0.6 is 0 Å². The van der Waals surface area contributed by atoms with Crippen LogP contribution in [-0.4, -0.2) is 16.1 Å². The number of hydrogen-bond acceptors (Lipinski definition) is 3. The maximum Gasteiger partial charge on any atom is 0.185 e. The number of aldehydes is 1. The zero-order chi connectivity index (χ0) is 13.2. The minimum Gasteiger partial charge on any atom is -0.453 e. The average molecular weight is 256 g/mol. The Morgan fingerprint density at radius 3 is 2.79 bits per heavy atom. The molecule has 0 aliphatic carbocycles. The molecule has 0 bridgehead atoms. The van der Waals surface area contributed by atoms with E-state index in [-0.39, 0.29) is 5.76 Å². The zero-order valence-electron chi connectivity index (χ0n) is 9.79. The van der Waals surface area contributed by atoms with Crippen molar-refractivity contribution >= 4 is 6.29 Å². The summed E-state index contributed by atoms with van der Waals surface area (Å²) in [6, 6.07) is 9.57. The predicted octanol–water partition coefficient (Wildman–Crippen LogP) is 3.08. The van der Waals surface area contributed by atoms with Crippen LogP contribution in [0, 0.1) is 5.82 Å². The molecule has 0 saturated heterocycles. The predicted molar refractivity (Wildman–Crippen MR) is 66.6 cm³/mol. The Morgan fingerprint density at radius 2 is 2.16 bits per heavy atom. The van der Waals surface area contributed by atoms with Crippen molar-refractivity contribution in [2.45, 2.75) is 0 Å². The summed E-state index contributed by atoms with van der Waals surface area (Å²) in [7, 11) is 0. The van der Waals surface area contributed by atoms with Crippen LogP contribution in [0.4, 0.5) is 4.39 Å². The molecule has 4 nitrogen and oxygen atoms in total. The first-order chi connectivity index (χ1) is 9.28. The Bertz CT molecular complexity index is 717. The first kappa shape index (κ1) is 11.4. The molecular weight excluding hydrogens is 247 g/mol. The minimum absolute atomic E-state index is 0.214. The van der Waals surface area contributed by atoms with E-state index in [9.17, 15) is 9.18 Å². The number of hydrogen-bond donors (Lipinski definition) is 0. The third-order valence-electron chi connectivity index (χ3n) is 2.73. The molecule has 0 radical (unpaired) electrons. The van der Waals surface area contributed by atoms with Gasteiger partial charge in [0.1, 0.15) is 17.3 Å². The van der Waals surface area contributed by atoms with Gasteiger partial charge in [-0.2, -0.15) is 5.10 Å². The standard InChI is InChI=1S/C14H9FN2O2/c15-12-8-10(14-5-3-11(9-18)19-14)2-4-13(12)17-7-1-6-16-17/h1-9H. The van der Waals surface area contributed by atoms with Crippen LogP contribution in [-0.2, 0) is 0 Å². The van der Waals surface area contributed by atoms with Crippen molar-refractivity contribution in [3.8, 4) is 17.0 Å². The van der Waals surface area contributed by atoms with Gasteiger partial charge in [0, 0.05) is 18.0 Å². The molecule has 2 heterocycles. The summed E-state index contributed by atoms with van der Waals surface area (Å²) in [5.74, 6) is 0.254. The maximum atomic E-state index is 14.0. The second-order valence-electron chi connectivity index (χ2n) is 3.94. The van der Waals surface area contributed by atoms with Crippen LogP contribution in [0.5, 0.6) is 0 Å². The first-order valence-corrected chi connectivity index (χ1v) is 5.63. The van der Waals surface area contributed by atoms with Crippen molar-refractivity contribution in [3.63, 3.8) is 0 Å². The van der Waals surface area contributed by atoms with Crippen molar-refractivity contribution < 1.29 is 13.6 Å². The van der Waals surface area contributed by atoms with Gasteiger partial charge >= 0.3 is 0 Å². The Morgan fingerprint density at radius 1 is 1.26 bits per heavy atom. The molecule has 3 aromatic rings.